The van der Waals surface area contributed by atoms with Crippen molar-refractivity contribution in [2.45, 2.75) is 39.0 Å². The smallest absolute Gasteiger partial charge is 0.418 e. The largest absolute Gasteiger partial charge is 0.438 e. The molecular formula is C12H16N2O3. The number of carbonyl (C=O) groups is 1. The van der Waals surface area contributed by atoms with Crippen molar-refractivity contribution in [3.8, 4) is 0 Å². The number of pyridine rings is 1. The predicted molar refractivity (Wildman–Crippen MR) is 62.6 cm³/mol. The van der Waals surface area contributed by atoms with E-state index in [1.165, 1.54) is 4.90 Å². The maximum atomic E-state index is 11.8. The van der Waals surface area contributed by atoms with E-state index < -0.39 is 17.4 Å². The summed E-state index contributed by atoms with van der Waals surface area (Å²) in [5.41, 5.74) is -1.44. The zero-order valence-corrected chi connectivity index (χ0v) is 10.4. The van der Waals surface area contributed by atoms with Crippen LogP contribution >= 0.6 is 0 Å². The number of ether oxygens (including phenoxy) is 1. The summed E-state index contributed by atoms with van der Waals surface area (Å²) in [6.45, 7) is 6.77. The van der Waals surface area contributed by atoms with E-state index in [1.807, 2.05) is 13.0 Å². The highest BCUT2D eigenvalue weighted by molar-refractivity contribution is 5.90. The molecule has 0 bridgehead atoms. The Morgan fingerprint density at radius 3 is 2.53 bits per heavy atom. The number of aromatic nitrogens is 1. The predicted octanol–water partition coefficient (Wildman–Crippen LogP) is 1.83. The monoisotopic (exact) mass is 236 g/mol. The molecule has 0 aromatic carbocycles. The summed E-state index contributed by atoms with van der Waals surface area (Å²) in [5.74, 6) is 0.394. The Kier molecular flexibility index (Phi) is 2.39. The van der Waals surface area contributed by atoms with Gasteiger partial charge in [-0.25, -0.2) is 14.7 Å². The van der Waals surface area contributed by atoms with Gasteiger partial charge in [-0.3, -0.25) is 0 Å². The zero-order valence-electron chi connectivity index (χ0n) is 10.4. The molecule has 0 spiro atoms. The first kappa shape index (κ1) is 11.9. The van der Waals surface area contributed by atoms with Crippen molar-refractivity contribution in [2.75, 3.05) is 4.90 Å². The fourth-order valence-electron chi connectivity index (χ4n) is 1.77. The first-order valence-corrected chi connectivity index (χ1v) is 5.44. The molecule has 17 heavy (non-hydrogen) atoms. The van der Waals surface area contributed by atoms with E-state index in [4.69, 9.17) is 4.74 Å². The Balaban J connectivity index is 2.49. The Morgan fingerprint density at radius 1 is 1.41 bits per heavy atom. The van der Waals surface area contributed by atoms with E-state index in [-0.39, 0.29) is 0 Å². The first-order valence-electron chi connectivity index (χ1n) is 5.44. The summed E-state index contributed by atoms with van der Waals surface area (Å²) in [4.78, 5) is 17.1. The van der Waals surface area contributed by atoms with Gasteiger partial charge in [0.15, 0.2) is 11.3 Å². The quantitative estimate of drug-likeness (QED) is 0.808. The van der Waals surface area contributed by atoms with Crippen molar-refractivity contribution in [2.24, 2.45) is 0 Å². The van der Waals surface area contributed by atoms with E-state index >= 15 is 0 Å². The van der Waals surface area contributed by atoms with Gasteiger partial charge in [0.05, 0.1) is 0 Å². The van der Waals surface area contributed by atoms with Crippen molar-refractivity contribution in [1.82, 2.24) is 4.98 Å². The van der Waals surface area contributed by atoms with Crippen LogP contribution in [0.5, 0.6) is 0 Å². The summed E-state index contributed by atoms with van der Waals surface area (Å²) < 4.78 is 5.17. The van der Waals surface area contributed by atoms with Gasteiger partial charge in [-0.2, -0.15) is 0 Å². The second-order valence-corrected chi connectivity index (χ2v) is 4.93. The molecule has 1 amide bonds. The second-order valence-electron chi connectivity index (χ2n) is 4.93. The lowest BCUT2D eigenvalue weighted by Crippen LogP contribution is -2.54. The second kappa shape index (κ2) is 3.43. The lowest BCUT2D eigenvalue weighted by atomic mass is 9.96. The van der Waals surface area contributed by atoms with Crippen molar-refractivity contribution in [3.63, 3.8) is 0 Å². The number of anilines is 1. The van der Waals surface area contributed by atoms with Gasteiger partial charge in [0.25, 0.3) is 0 Å². The number of nitrogens with zero attached hydrogens (tertiary/aromatic N) is 2. The minimum Gasteiger partial charge on any atom is -0.438 e. The third-order valence-corrected chi connectivity index (χ3v) is 3.23. The summed E-state index contributed by atoms with van der Waals surface area (Å²) in [5, 5.41) is 10.4. The SMILES string of the molecule is Cc1ccnc(N2C(=O)OC(C)(C)[C@@]2(C)O)c1. The fourth-order valence-corrected chi connectivity index (χ4v) is 1.77. The molecule has 1 aliphatic heterocycles. The lowest BCUT2D eigenvalue weighted by molar-refractivity contribution is -0.0725. The van der Waals surface area contributed by atoms with E-state index in [2.05, 4.69) is 4.98 Å². The van der Waals surface area contributed by atoms with Gasteiger partial charge in [-0.05, 0) is 45.4 Å². The number of aryl methyl sites for hydroxylation is 1. The molecule has 5 nitrogen and oxygen atoms in total. The average molecular weight is 236 g/mol. The van der Waals surface area contributed by atoms with Crippen molar-refractivity contribution < 1.29 is 14.6 Å². The molecule has 5 heteroatoms. The lowest BCUT2D eigenvalue weighted by Gasteiger charge is -2.34. The molecule has 0 unspecified atom stereocenters. The third kappa shape index (κ3) is 1.67. The van der Waals surface area contributed by atoms with Gasteiger partial charge in [0, 0.05) is 6.20 Å². The highest BCUT2D eigenvalue weighted by atomic mass is 16.6. The van der Waals surface area contributed by atoms with Crippen LogP contribution in [0.25, 0.3) is 0 Å². The summed E-state index contributed by atoms with van der Waals surface area (Å²) in [7, 11) is 0. The maximum Gasteiger partial charge on any atom is 0.418 e. The van der Waals surface area contributed by atoms with E-state index in [1.54, 1.807) is 33.0 Å². The standard InChI is InChI=1S/C12H16N2O3/c1-8-5-6-13-9(7-8)14-10(15)17-11(2,3)12(14,4)16/h5-7,16H,1-4H3/t12-/m1/s1. The maximum absolute atomic E-state index is 11.8. The summed E-state index contributed by atoms with van der Waals surface area (Å²) >= 11 is 0. The molecule has 1 aromatic heterocycles. The number of amides is 1. The van der Waals surface area contributed by atoms with Crippen LogP contribution in [0.1, 0.15) is 26.3 Å². The molecule has 1 aliphatic rings. The molecule has 0 radical (unpaired) electrons. The van der Waals surface area contributed by atoms with Gasteiger partial charge in [0.2, 0.25) is 0 Å². The Labute approximate surface area is 100 Å². The topological polar surface area (TPSA) is 62.7 Å². The molecule has 1 fully saturated rings. The molecule has 1 atom stereocenters. The molecule has 1 saturated heterocycles. The molecule has 0 aliphatic carbocycles. The molecule has 1 N–H and O–H groups in total. The van der Waals surface area contributed by atoms with Gasteiger partial charge in [0.1, 0.15) is 5.82 Å². The van der Waals surface area contributed by atoms with Crippen LogP contribution in [0, 0.1) is 6.92 Å². The third-order valence-electron chi connectivity index (χ3n) is 3.23. The number of aliphatic hydroxyl groups is 1. The highest BCUT2D eigenvalue weighted by Crippen LogP contribution is 2.39. The number of hydrogen-bond acceptors (Lipinski definition) is 4. The zero-order chi connectivity index (χ0) is 12.8. The minimum absolute atomic E-state index is 0.394. The first-order chi connectivity index (χ1) is 7.75. The highest BCUT2D eigenvalue weighted by Gasteiger charge is 2.57. The van der Waals surface area contributed by atoms with Crippen molar-refractivity contribution in [1.29, 1.82) is 0 Å². The summed E-state index contributed by atoms with van der Waals surface area (Å²) in [6.07, 6.45) is 1.01. The fraction of sp³-hybridized carbons (Fsp3) is 0.500. The molecule has 92 valence electrons. The van der Waals surface area contributed by atoms with Crippen LogP contribution < -0.4 is 4.90 Å². The van der Waals surface area contributed by atoms with E-state index in [9.17, 15) is 9.90 Å². The molecular weight excluding hydrogens is 220 g/mol. The van der Waals surface area contributed by atoms with E-state index in [0.29, 0.717) is 5.82 Å². The Morgan fingerprint density at radius 2 is 2.06 bits per heavy atom. The van der Waals surface area contributed by atoms with Crippen molar-refractivity contribution >= 4 is 11.9 Å². The van der Waals surface area contributed by atoms with Gasteiger partial charge in [-0.1, -0.05) is 0 Å². The molecule has 0 saturated carbocycles. The van der Waals surface area contributed by atoms with Crippen LogP contribution in [0.15, 0.2) is 18.3 Å². The van der Waals surface area contributed by atoms with Crippen LogP contribution in [-0.4, -0.2) is 27.5 Å². The van der Waals surface area contributed by atoms with Gasteiger partial charge < -0.3 is 9.84 Å². The van der Waals surface area contributed by atoms with Gasteiger partial charge in [-0.15, -0.1) is 0 Å². The van der Waals surface area contributed by atoms with Crippen LogP contribution in [0.2, 0.25) is 0 Å². The van der Waals surface area contributed by atoms with Crippen LogP contribution in [-0.2, 0) is 4.74 Å². The number of cyclic esters (lactones) is 1. The van der Waals surface area contributed by atoms with Crippen LogP contribution in [0.3, 0.4) is 0 Å². The summed E-state index contributed by atoms with van der Waals surface area (Å²) in [6, 6.07) is 3.56. The molecule has 2 heterocycles. The minimum atomic E-state index is -1.43. The number of hydrogen-bond donors (Lipinski definition) is 1. The molecule has 2 rings (SSSR count). The Hall–Kier alpha value is -1.62. The normalized spacial score (nSPS) is 27.1. The average Bonchev–Trinajstić information content (AvgIpc) is 2.31. The molecule has 1 aromatic rings. The van der Waals surface area contributed by atoms with Crippen molar-refractivity contribution in [3.05, 3.63) is 23.9 Å². The Bertz CT molecular complexity index is 469. The number of rotatable bonds is 1. The van der Waals surface area contributed by atoms with Gasteiger partial charge >= 0.3 is 6.09 Å². The van der Waals surface area contributed by atoms with E-state index in [0.717, 1.165) is 5.56 Å². The van der Waals surface area contributed by atoms with Crippen LogP contribution in [0.4, 0.5) is 10.6 Å². The number of carbonyl (C=O) groups excluding carboxylic acids is 1.